The first-order valence-corrected chi connectivity index (χ1v) is 12.6. The Hall–Kier alpha value is -3.16. The molecule has 0 aliphatic carbocycles. The first kappa shape index (κ1) is 23.0. The van der Waals surface area contributed by atoms with E-state index in [1.807, 2.05) is 23.1 Å². The molecule has 2 aromatic carbocycles. The number of nitrogens with one attached hydrogen (secondary N) is 1. The summed E-state index contributed by atoms with van der Waals surface area (Å²) < 4.78 is 32.6. The third-order valence-electron chi connectivity index (χ3n) is 5.89. The lowest BCUT2D eigenvalue weighted by molar-refractivity contribution is -0.126. The fourth-order valence-corrected chi connectivity index (χ4v) is 5.08. The Kier molecular flexibility index (Phi) is 7.42. The van der Waals surface area contributed by atoms with Crippen LogP contribution in [-0.4, -0.2) is 31.8 Å². The standard InChI is InChI=1S/C26H28N2O4S/c29-26(28-18-4-8-23(28)14-10-21-6-2-1-3-7-21)17-13-22-11-15-25(16-12-22)33(30,31)27-20-24-9-5-19-32-24/h1-3,5-7,9,11-13,15-17,19,23,27H,4,8,10,14,18,20H2. The van der Waals surface area contributed by atoms with Crippen molar-refractivity contribution in [2.24, 2.45) is 0 Å². The number of rotatable bonds is 9. The number of likely N-dealkylation sites (tertiary alicyclic amines) is 1. The predicted octanol–water partition coefficient (Wildman–Crippen LogP) is 4.40. The Balaban J connectivity index is 1.32. The van der Waals surface area contributed by atoms with Gasteiger partial charge in [-0.05, 0) is 67.2 Å². The molecule has 1 amide bonds. The summed E-state index contributed by atoms with van der Waals surface area (Å²) in [6.45, 7) is 0.869. The maximum absolute atomic E-state index is 12.8. The van der Waals surface area contributed by atoms with Crippen LogP contribution in [-0.2, 0) is 27.8 Å². The van der Waals surface area contributed by atoms with E-state index >= 15 is 0 Å². The minimum Gasteiger partial charge on any atom is -0.468 e. The second-order valence-corrected chi connectivity index (χ2v) is 9.93. The Morgan fingerprint density at radius 2 is 1.85 bits per heavy atom. The molecule has 0 spiro atoms. The SMILES string of the molecule is O=C(C=Cc1ccc(S(=O)(=O)NCc2ccco2)cc1)N1CCCC1CCc1ccccc1. The molecule has 1 atom stereocenters. The highest BCUT2D eigenvalue weighted by atomic mass is 32.2. The van der Waals surface area contributed by atoms with Gasteiger partial charge in [0.25, 0.3) is 0 Å². The van der Waals surface area contributed by atoms with E-state index in [-0.39, 0.29) is 23.4 Å². The third kappa shape index (κ3) is 6.21. The van der Waals surface area contributed by atoms with E-state index in [1.54, 1.807) is 36.4 Å². The zero-order chi connectivity index (χ0) is 23.1. The van der Waals surface area contributed by atoms with Gasteiger partial charge in [-0.3, -0.25) is 4.79 Å². The number of hydrogen-bond donors (Lipinski definition) is 1. The molecular formula is C26H28N2O4S. The minimum atomic E-state index is -3.64. The van der Waals surface area contributed by atoms with Gasteiger partial charge in [0.2, 0.25) is 15.9 Å². The van der Waals surface area contributed by atoms with Crippen LogP contribution in [0.3, 0.4) is 0 Å². The van der Waals surface area contributed by atoms with Gasteiger partial charge < -0.3 is 9.32 Å². The van der Waals surface area contributed by atoms with Crippen LogP contribution < -0.4 is 4.72 Å². The first-order valence-electron chi connectivity index (χ1n) is 11.2. The fraction of sp³-hybridized carbons (Fsp3) is 0.269. The van der Waals surface area contributed by atoms with Gasteiger partial charge in [0.1, 0.15) is 5.76 Å². The highest BCUT2D eigenvalue weighted by molar-refractivity contribution is 7.89. The zero-order valence-corrected chi connectivity index (χ0v) is 19.2. The fourth-order valence-electron chi connectivity index (χ4n) is 4.09. The van der Waals surface area contributed by atoms with E-state index in [9.17, 15) is 13.2 Å². The molecule has 1 unspecified atom stereocenters. The van der Waals surface area contributed by atoms with E-state index < -0.39 is 10.0 Å². The van der Waals surface area contributed by atoms with Gasteiger partial charge in [-0.2, -0.15) is 0 Å². The van der Waals surface area contributed by atoms with Crippen molar-refractivity contribution in [3.8, 4) is 0 Å². The molecule has 1 aliphatic rings. The second kappa shape index (κ2) is 10.6. The summed E-state index contributed by atoms with van der Waals surface area (Å²) in [5, 5.41) is 0. The molecular weight excluding hydrogens is 436 g/mol. The van der Waals surface area contributed by atoms with Crippen LogP contribution in [0.15, 0.2) is 88.4 Å². The summed E-state index contributed by atoms with van der Waals surface area (Å²) in [4.78, 5) is 14.9. The Morgan fingerprint density at radius 3 is 2.58 bits per heavy atom. The van der Waals surface area contributed by atoms with E-state index in [0.717, 1.165) is 37.8 Å². The van der Waals surface area contributed by atoms with Crippen molar-refractivity contribution in [3.63, 3.8) is 0 Å². The van der Waals surface area contributed by atoms with E-state index in [1.165, 1.54) is 24.0 Å². The van der Waals surface area contributed by atoms with Crippen molar-refractivity contribution < 1.29 is 17.6 Å². The van der Waals surface area contributed by atoms with Crippen molar-refractivity contribution in [2.75, 3.05) is 6.54 Å². The number of aryl methyl sites for hydroxylation is 1. The lowest BCUT2D eigenvalue weighted by atomic mass is 10.0. The molecule has 33 heavy (non-hydrogen) atoms. The Bertz CT molecular complexity index is 1170. The number of hydrogen-bond acceptors (Lipinski definition) is 4. The van der Waals surface area contributed by atoms with Gasteiger partial charge in [0.15, 0.2) is 0 Å². The van der Waals surface area contributed by atoms with Crippen LogP contribution in [0.5, 0.6) is 0 Å². The average Bonchev–Trinajstić information content (AvgIpc) is 3.53. The Morgan fingerprint density at radius 1 is 1.06 bits per heavy atom. The molecule has 2 heterocycles. The Labute approximate surface area is 195 Å². The summed E-state index contributed by atoms with van der Waals surface area (Å²) in [7, 11) is -3.64. The molecule has 172 valence electrons. The lowest BCUT2D eigenvalue weighted by Gasteiger charge is -2.23. The predicted molar refractivity (Wildman–Crippen MR) is 128 cm³/mol. The third-order valence-corrected chi connectivity index (χ3v) is 7.31. The van der Waals surface area contributed by atoms with Gasteiger partial charge >= 0.3 is 0 Å². The second-order valence-electron chi connectivity index (χ2n) is 8.16. The first-order chi connectivity index (χ1) is 16.0. The van der Waals surface area contributed by atoms with Crippen LogP contribution in [0.25, 0.3) is 6.08 Å². The zero-order valence-electron chi connectivity index (χ0n) is 18.4. The minimum absolute atomic E-state index is 0.00220. The number of benzene rings is 2. The molecule has 6 nitrogen and oxygen atoms in total. The molecule has 0 saturated carbocycles. The number of carbonyl (C=O) groups excluding carboxylic acids is 1. The lowest BCUT2D eigenvalue weighted by Crippen LogP contribution is -2.34. The summed E-state index contributed by atoms with van der Waals surface area (Å²) in [6, 6.07) is 20.5. The molecule has 0 bridgehead atoms. The monoisotopic (exact) mass is 464 g/mol. The van der Waals surface area contributed by atoms with E-state index in [2.05, 4.69) is 16.9 Å². The van der Waals surface area contributed by atoms with Gasteiger partial charge in [0, 0.05) is 18.7 Å². The van der Waals surface area contributed by atoms with Crippen LogP contribution >= 0.6 is 0 Å². The van der Waals surface area contributed by atoms with Gasteiger partial charge in [-0.1, -0.05) is 42.5 Å². The summed E-state index contributed by atoms with van der Waals surface area (Å²) in [5.74, 6) is 0.544. The van der Waals surface area contributed by atoms with Crippen LogP contribution in [0.1, 0.15) is 36.1 Å². The molecule has 1 fully saturated rings. The highest BCUT2D eigenvalue weighted by Gasteiger charge is 2.27. The summed E-state index contributed by atoms with van der Waals surface area (Å²) in [6.07, 6.45) is 8.80. The number of amides is 1. The highest BCUT2D eigenvalue weighted by Crippen LogP contribution is 2.22. The molecule has 1 N–H and O–H groups in total. The van der Waals surface area contributed by atoms with Gasteiger partial charge in [-0.25, -0.2) is 13.1 Å². The summed E-state index contributed by atoms with van der Waals surface area (Å²) in [5.41, 5.74) is 2.06. The molecule has 7 heteroatoms. The largest absolute Gasteiger partial charge is 0.468 e. The van der Waals surface area contributed by atoms with Gasteiger partial charge in [0.05, 0.1) is 17.7 Å². The molecule has 1 aromatic heterocycles. The van der Waals surface area contributed by atoms with Crippen LogP contribution in [0.2, 0.25) is 0 Å². The van der Waals surface area contributed by atoms with E-state index in [4.69, 9.17) is 4.42 Å². The molecule has 4 rings (SSSR count). The molecule has 0 radical (unpaired) electrons. The number of furan rings is 1. The average molecular weight is 465 g/mol. The van der Waals surface area contributed by atoms with Crippen molar-refractivity contribution in [1.29, 1.82) is 0 Å². The normalized spacial score (nSPS) is 16.5. The van der Waals surface area contributed by atoms with Gasteiger partial charge in [-0.15, -0.1) is 0 Å². The van der Waals surface area contributed by atoms with Crippen molar-refractivity contribution in [2.45, 2.75) is 43.2 Å². The number of sulfonamides is 1. The molecule has 1 aliphatic heterocycles. The molecule has 3 aromatic rings. The quantitative estimate of drug-likeness (QED) is 0.476. The van der Waals surface area contributed by atoms with Crippen LogP contribution in [0.4, 0.5) is 0 Å². The summed E-state index contributed by atoms with van der Waals surface area (Å²) >= 11 is 0. The topological polar surface area (TPSA) is 79.6 Å². The van der Waals surface area contributed by atoms with Crippen molar-refractivity contribution in [3.05, 3.63) is 96.0 Å². The van der Waals surface area contributed by atoms with Crippen molar-refractivity contribution >= 4 is 22.0 Å². The molecule has 1 saturated heterocycles. The smallest absolute Gasteiger partial charge is 0.246 e. The maximum Gasteiger partial charge on any atom is 0.246 e. The van der Waals surface area contributed by atoms with Crippen LogP contribution in [0, 0.1) is 0 Å². The number of nitrogens with zero attached hydrogens (tertiary/aromatic N) is 1. The number of carbonyl (C=O) groups is 1. The van der Waals surface area contributed by atoms with E-state index in [0.29, 0.717) is 5.76 Å². The maximum atomic E-state index is 12.8. The van der Waals surface area contributed by atoms with Crippen molar-refractivity contribution in [1.82, 2.24) is 9.62 Å².